The Bertz CT molecular complexity index is 390. The highest BCUT2D eigenvalue weighted by molar-refractivity contribution is 5.76. The lowest BCUT2D eigenvalue weighted by molar-refractivity contribution is -0.516. The molecule has 0 aliphatic heterocycles. The number of esters is 1. The molecule has 1 unspecified atom stereocenters. The second kappa shape index (κ2) is 5.20. The number of nitrogens with zero attached hydrogens (tertiary/aromatic N) is 1. The molecular formula is C10H10FNO4. The summed E-state index contributed by atoms with van der Waals surface area (Å²) in [5, 5.41) is 10.7. The van der Waals surface area contributed by atoms with Gasteiger partial charge in [0.25, 0.3) is 0 Å². The van der Waals surface area contributed by atoms with Gasteiger partial charge in [0.1, 0.15) is 5.82 Å². The summed E-state index contributed by atoms with van der Waals surface area (Å²) in [5.41, 5.74) is 0.102. The largest absolute Gasteiger partial charge is 0.461 e. The van der Waals surface area contributed by atoms with Gasteiger partial charge in [-0.3, -0.25) is 10.1 Å². The van der Waals surface area contributed by atoms with Gasteiger partial charge in [0, 0.05) is 10.5 Å². The van der Waals surface area contributed by atoms with Crippen LogP contribution in [0, 0.1) is 15.9 Å². The topological polar surface area (TPSA) is 69.4 Å². The molecule has 0 amide bonds. The predicted octanol–water partition coefficient (Wildman–Crippen LogP) is 1.71. The monoisotopic (exact) mass is 227 g/mol. The fourth-order valence-electron chi connectivity index (χ4n) is 1.21. The molecule has 0 saturated carbocycles. The van der Waals surface area contributed by atoms with Crippen molar-refractivity contribution >= 4 is 5.97 Å². The summed E-state index contributed by atoms with van der Waals surface area (Å²) in [6.07, 6.45) is 0. The maximum absolute atomic E-state index is 12.6. The summed E-state index contributed by atoms with van der Waals surface area (Å²) in [7, 11) is 0. The minimum Gasteiger partial charge on any atom is -0.461 e. The van der Waals surface area contributed by atoms with Gasteiger partial charge in [-0.05, 0) is 31.2 Å². The molecule has 0 aliphatic carbocycles. The van der Waals surface area contributed by atoms with Gasteiger partial charge in [-0.15, -0.1) is 0 Å². The average molecular weight is 227 g/mol. The van der Waals surface area contributed by atoms with Gasteiger partial charge in [0.05, 0.1) is 6.61 Å². The first kappa shape index (κ1) is 12.1. The van der Waals surface area contributed by atoms with Crippen LogP contribution in [0.5, 0.6) is 0 Å². The molecule has 0 aliphatic rings. The second-order valence-corrected chi connectivity index (χ2v) is 2.99. The van der Waals surface area contributed by atoms with E-state index in [-0.39, 0.29) is 12.2 Å². The van der Waals surface area contributed by atoms with Crippen LogP contribution in [0.25, 0.3) is 0 Å². The summed E-state index contributed by atoms with van der Waals surface area (Å²) in [5.74, 6) is -1.46. The molecule has 0 spiro atoms. The van der Waals surface area contributed by atoms with Crippen LogP contribution in [-0.2, 0) is 9.53 Å². The minimum atomic E-state index is -1.60. The highest BCUT2D eigenvalue weighted by Gasteiger charge is 2.33. The zero-order chi connectivity index (χ0) is 12.1. The normalized spacial score (nSPS) is 11.9. The molecule has 1 aromatic carbocycles. The Morgan fingerprint density at radius 1 is 1.50 bits per heavy atom. The van der Waals surface area contributed by atoms with Crippen molar-refractivity contribution in [3.63, 3.8) is 0 Å². The van der Waals surface area contributed by atoms with Gasteiger partial charge < -0.3 is 4.74 Å². The van der Waals surface area contributed by atoms with Crippen LogP contribution >= 0.6 is 0 Å². The molecular weight excluding hydrogens is 217 g/mol. The first-order valence-corrected chi connectivity index (χ1v) is 4.62. The number of hydrogen-bond acceptors (Lipinski definition) is 4. The van der Waals surface area contributed by atoms with E-state index in [2.05, 4.69) is 4.74 Å². The van der Waals surface area contributed by atoms with Crippen molar-refractivity contribution in [3.05, 3.63) is 45.8 Å². The Labute approximate surface area is 91.0 Å². The molecule has 0 radical (unpaired) electrons. The third kappa shape index (κ3) is 2.75. The van der Waals surface area contributed by atoms with Gasteiger partial charge in [0.15, 0.2) is 0 Å². The van der Waals surface area contributed by atoms with E-state index >= 15 is 0 Å². The number of ether oxygens (including phenoxy) is 1. The van der Waals surface area contributed by atoms with Crippen LogP contribution in [0.4, 0.5) is 4.39 Å². The zero-order valence-electron chi connectivity index (χ0n) is 8.55. The lowest BCUT2D eigenvalue weighted by Gasteiger charge is -2.08. The van der Waals surface area contributed by atoms with Crippen LogP contribution in [-0.4, -0.2) is 17.5 Å². The molecule has 0 bridgehead atoms. The lowest BCUT2D eigenvalue weighted by atomic mass is 10.1. The smallest absolute Gasteiger partial charge is 0.386 e. The van der Waals surface area contributed by atoms with Gasteiger partial charge in [0.2, 0.25) is 0 Å². The molecule has 0 saturated heterocycles. The summed E-state index contributed by atoms with van der Waals surface area (Å²) in [4.78, 5) is 21.3. The number of nitro groups is 1. The second-order valence-electron chi connectivity index (χ2n) is 2.99. The van der Waals surface area contributed by atoms with Crippen LogP contribution in [0.1, 0.15) is 18.5 Å². The van der Waals surface area contributed by atoms with Gasteiger partial charge in [-0.2, -0.15) is 0 Å². The Morgan fingerprint density at radius 3 is 2.50 bits per heavy atom. The number of rotatable bonds is 4. The molecule has 1 atom stereocenters. The van der Waals surface area contributed by atoms with E-state index in [1.54, 1.807) is 6.92 Å². The van der Waals surface area contributed by atoms with Crippen LogP contribution in [0.15, 0.2) is 24.3 Å². The Hall–Kier alpha value is -1.98. The van der Waals surface area contributed by atoms with Crippen LogP contribution < -0.4 is 0 Å². The van der Waals surface area contributed by atoms with Crippen molar-refractivity contribution in [1.29, 1.82) is 0 Å². The van der Waals surface area contributed by atoms with Crippen molar-refractivity contribution in [3.8, 4) is 0 Å². The van der Waals surface area contributed by atoms with Crippen LogP contribution in [0.2, 0.25) is 0 Å². The predicted molar refractivity (Wildman–Crippen MR) is 52.8 cm³/mol. The summed E-state index contributed by atoms with van der Waals surface area (Å²) >= 11 is 0. The van der Waals surface area contributed by atoms with Crippen molar-refractivity contribution in [2.45, 2.75) is 13.0 Å². The standard InChI is InChI=1S/C10H10FNO4/c1-2-16-10(13)9(12(14)15)7-3-5-8(11)6-4-7/h3-6,9H,2H2,1H3. The molecule has 0 N–H and O–H groups in total. The minimum absolute atomic E-state index is 0.0599. The molecule has 5 nitrogen and oxygen atoms in total. The maximum Gasteiger partial charge on any atom is 0.386 e. The number of benzene rings is 1. The average Bonchev–Trinajstić information content (AvgIpc) is 2.21. The molecule has 1 rings (SSSR count). The van der Waals surface area contributed by atoms with Crippen molar-refractivity contribution in [2.24, 2.45) is 0 Å². The lowest BCUT2D eigenvalue weighted by Crippen LogP contribution is -2.23. The molecule has 16 heavy (non-hydrogen) atoms. The van der Waals surface area contributed by atoms with Gasteiger partial charge in [-0.1, -0.05) is 0 Å². The highest BCUT2D eigenvalue weighted by atomic mass is 19.1. The van der Waals surface area contributed by atoms with E-state index in [4.69, 9.17) is 0 Å². The maximum atomic E-state index is 12.6. The first-order chi connectivity index (χ1) is 7.56. The fraction of sp³-hybridized carbons (Fsp3) is 0.300. The van der Waals surface area contributed by atoms with E-state index in [1.165, 1.54) is 12.1 Å². The number of carbonyl (C=O) groups is 1. The molecule has 0 aromatic heterocycles. The van der Waals surface area contributed by atoms with Crippen molar-refractivity contribution < 1.29 is 18.8 Å². The van der Waals surface area contributed by atoms with E-state index in [9.17, 15) is 19.3 Å². The summed E-state index contributed by atoms with van der Waals surface area (Å²) in [6.45, 7) is 1.62. The zero-order valence-corrected chi connectivity index (χ0v) is 8.55. The van der Waals surface area contributed by atoms with Crippen molar-refractivity contribution in [2.75, 3.05) is 6.61 Å². The first-order valence-electron chi connectivity index (χ1n) is 4.62. The Balaban J connectivity index is 2.98. The Morgan fingerprint density at radius 2 is 2.06 bits per heavy atom. The molecule has 86 valence electrons. The third-order valence-electron chi connectivity index (χ3n) is 1.91. The quantitative estimate of drug-likeness (QED) is 0.446. The van der Waals surface area contributed by atoms with Gasteiger partial charge >= 0.3 is 12.0 Å². The SMILES string of the molecule is CCOC(=O)C(c1ccc(F)cc1)[N+](=O)[O-]. The summed E-state index contributed by atoms with van der Waals surface area (Å²) in [6, 6.07) is 2.91. The molecule has 1 aromatic rings. The highest BCUT2D eigenvalue weighted by Crippen LogP contribution is 2.18. The Kier molecular flexibility index (Phi) is 3.93. The number of halogens is 1. The van der Waals surface area contributed by atoms with Gasteiger partial charge in [-0.25, -0.2) is 9.18 Å². The fourth-order valence-corrected chi connectivity index (χ4v) is 1.21. The third-order valence-corrected chi connectivity index (χ3v) is 1.91. The summed E-state index contributed by atoms with van der Waals surface area (Å²) < 4.78 is 17.2. The molecule has 0 heterocycles. The molecule has 0 fully saturated rings. The number of carbonyl (C=O) groups excluding carboxylic acids is 1. The van der Waals surface area contributed by atoms with E-state index in [0.29, 0.717) is 0 Å². The molecule has 6 heteroatoms. The van der Waals surface area contributed by atoms with Crippen molar-refractivity contribution in [1.82, 2.24) is 0 Å². The van der Waals surface area contributed by atoms with E-state index in [1.807, 2.05) is 0 Å². The van der Waals surface area contributed by atoms with E-state index in [0.717, 1.165) is 12.1 Å². The number of hydrogen-bond donors (Lipinski definition) is 0. The van der Waals surface area contributed by atoms with E-state index < -0.39 is 22.8 Å². The van der Waals surface area contributed by atoms with Crippen LogP contribution in [0.3, 0.4) is 0 Å².